The maximum Gasteiger partial charge on any atom is 0.177 e. The van der Waals surface area contributed by atoms with Crippen LogP contribution >= 0.6 is 11.3 Å². The third kappa shape index (κ3) is 1.93. The molecule has 86 valence electrons. The molecule has 0 saturated heterocycles. The number of nitrogens with zero attached hydrogens (tertiary/aromatic N) is 1. The van der Waals surface area contributed by atoms with Crippen molar-refractivity contribution in [1.82, 2.24) is 0 Å². The van der Waals surface area contributed by atoms with E-state index < -0.39 is 0 Å². The first kappa shape index (κ1) is 11.1. The minimum absolute atomic E-state index is 0.415. The Morgan fingerprint density at radius 3 is 2.81 bits per heavy atom. The monoisotopic (exact) mass is 237 g/mol. The predicted molar refractivity (Wildman–Crippen MR) is 65.8 cm³/mol. The molecular formula is C11H15N3OS. The summed E-state index contributed by atoms with van der Waals surface area (Å²) in [5.41, 5.74) is 6.26. The molecule has 0 radical (unpaired) electrons. The SMILES string of the molecule is COc1c(NC(C)C2CC2)sc(C#N)c1N. The summed E-state index contributed by atoms with van der Waals surface area (Å²) in [4.78, 5) is 0.516. The van der Waals surface area contributed by atoms with Gasteiger partial charge in [-0.1, -0.05) is 0 Å². The van der Waals surface area contributed by atoms with E-state index in [1.54, 1.807) is 7.11 Å². The first-order valence-electron chi connectivity index (χ1n) is 5.30. The molecule has 1 aliphatic carbocycles. The normalized spacial score (nSPS) is 16.6. The summed E-state index contributed by atoms with van der Waals surface area (Å²) in [5, 5.41) is 13.2. The Balaban J connectivity index is 2.22. The number of rotatable bonds is 4. The molecule has 1 heterocycles. The molecular weight excluding hydrogens is 222 g/mol. The number of anilines is 2. The van der Waals surface area contributed by atoms with Crippen molar-refractivity contribution in [1.29, 1.82) is 5.26 Å². The van der Waals surface area contributed by atoms with E-state index in [0.29, 0.717) is 22.4 Å². The van der Waals surface area contributed by atoms with E-state index in [9.17, 15) is 0 Å². The third-order valence-corrected chi connectivity index (χ3v) is 3.92. The standard InChI is InChI=1S/C11H15N3OS/c1-6(7-3-4-7)14-11-10(15-2)9(13)8(5-12)16-11/h6-7,14H,3-4,13H2,1-2H3. The maximum atomic E-state index is 8.90. The minimum Gasteiger partial charge on any atom is -0.492 e. The van der Waals surface area contributed by atoms with Gasteiger partial charge in [-0.05, 0) is 25.7 Å². The molecule has 1 saturated carbocycles. The van der Waals surface area contributed by atoms with E-state index in [0.717, 1.165) is 10.9 Å². The molecule has 5 heteroatoms. The molecule has 1 unspecified atom stereocenters. The largest absolute Gasteiger partial charge is 0.492 e. The Bertz CT molecular complexity index is 431. The molecule has 1 aliphatic rings. The molecule has 0 aromatic carbocycles. The van der Waals surface area contributed by atoms with Crippen LogP contribution in [0.4, 0.5) is 10.7 Å². The number of thiophene rings is 1. The zero-order valence-electron chi connectivity index (χ0n) is 9.41. The number of nitrogens with one attached hydrogen (secondary N) is 1. The molecule has 16 heavy (non-hydrogen) atoms. The van der Waals surface area contributed by atoms with Gasteiger partial charge in [0.15, 0.2) is 5.75 Å². The lowest BCUT2D eigenvalue weighted by atomic mass is 10.2. The molecule has 0 bridgehead atoms. The molecule has 1 aromatic rings. The van der Waals surface area contributed by atoms with Crippen LogP contribution in [0, 0.1) is 17.2 Å². The first-order valence-corrected chi connectivity index (χ1v) is 6.12. The van der Waals surface area contributed by atoms with Crippen molar-refractivity contribution in [3.05, 3.63) is 4.88 Å². The average Bonchev–Trinajstić information content (AvgIpc) is 3.05. The van der Waals surface area contributed by atoms with Gasteiger partial charge < -0.3 is 15.8 Å². The fourth-order valence-electron chi connectivity index (χ4n) is 1.73. The number of hydrogen-bond acceptors (Lipinski definition) is 5. The van der Waals surface area contributed by atoms with Gasteiger partial charge in [0.25, 0.3) is 0 Å². The third-order valence-electron chi connectivity index (χ3n) is 2.89. The minimum atomic E-state index is 0.415. The van der Waals surface area contributed by atoms with Crippen LogP contribution in [0.25, 0.3) is 0 Å². The summed E-state index contributed by atoms with van der Waals surface area (Å²) >= 11 is 1.36. The Morgan fingerprint density at radius 2 is 2.31 bits per heavy atom. The van der Waals surface area contributed by atoms with Gasteiger partial charge in [0, 0.05) is 6.04 Å². The molecule has 1 fully saturated rings. The summed E-state index contributed by atoms with van der Waals surface area (Å²) in [6.07, 6.45) is 2.56. The lowest BCUT2D eigenvalue weighted by molar-refractivity contribution is 0.419. The van der Waals surface area contributed by atoms with Gasteiger partial charge in [-0.2, -0.15) is 5.26 Å². The maximum absolute atomic E-state index is 8.90. The zero-order chi connectivity index (χ0) is 11.7. The highest BCUT2D eigenvalue weighted by Crippen LogP contribution is 2.44. The summed E-state index contributed by atoms with van der Waals surface area (Å²) in [5.74, 6) is 1.35. The van der Waals surface area contributed by atoms with Crippen molar-refractivity contribution in [3.63, 3.8) is 0 Å². The van der Waals surface area contributed by atoms with E-state index in [2.05, 4.69) is 18.3 Å². The lowest BCUT2D eigenvalue weighted by Gasteiger charge is -2.13. The highest BCUT2D eigenvalue weighted by Gasteiger charge is 2.29. The van der Waals surface area contributed by atoms with Crippen LogP contribution in [0.3, 0.4) is 0 Å². The molecule has 0 spiro atoms. The van der Waals surface area contributed by atoms with E-state index in [4.69, 9.17) is 15.7 Å². The molecule has 1 atom stereocenters. The van der Waals surface area contributed by atoms with Crippen molar-refractivity contribution in [2.45, 2.75) is 25.8 Å². The number of methoxy groups -OCH3 is 1. The summed E-state index contributed by atoms with van der Waals surface area (Å²) in [6, 6.07) is 2.50. The van der Waals surface area contributed by atoms with Gasteiger partial charge in [-0.25, -0.2) is 0 Å². The Labute approximate surface area is 99.0 Å². The fraction of sp³-hybridized carbons (Fsp3) is 0.545. The average molecular weight is 237 g/mol. The molecule has 4 nitrogen and oxygen atoms in total. The number of ether oxygens (including phenoxy) is 1. The number of nitrogens with two attached hydrogens (primary N) is 1. The highest BCUT2D eigenvalue weighted by atomic mass is 32.1. The predicted octanol–water partition coefficient (Wildman–Crippen LogP) is 2.42. The van der Waals surface area contributed by atoms with Gasteiger partial charge in [0.1, 0.15) is 21.6 Å². The second-order valence-electron chi connectivity index (χ2n) is 4.09. The topological polar surface area (TPSA) is 71.1 Å². The van der Waals surface area contributed by atoms with Crippen LogP contribution in [-0.2, 0) is 0 Å². The molecule has 0 amide bonds. The summed E-state index contributed by atoms with van der Waals surface area (Å²) < 4.78 is 5.23. The van der Waals surface area contributed by atoms with Gasteiger partial charge in [-0.15, -0.1) is 11.3 Å². The Kier molecular flexibility index (Phi) is 2.92. The van der Waals surface area contributed by atoms with E-state index in [-0.39, 0.29) is 0 Å². The van der Waals surface area contributed by atoms with Gasteiger partial charge >= 0.3 is 0 Å². The number of hydrogen-bond donors (Lipinski definition) is 2. The second-order valence-corrected chi connectivity index (χ2v) is 5.11. The van der Waals surface area contributed by atoms with Crippen LogP contribution in [-0.4, -0.2) is 13.2 Å². The Hall–Kier alpha value is -1.41. The van der Waals surface area contributed by atoms with Crippen molar-refractivity contribution < 1.29 is 4.74 Å². The zero-order valence-corrected chi connectivity index (χ0v) is 10.2. The summed E-state index contributed by atoms with van der Waals surface area (Å²) in [6.45, 7) is 2.15. The molecule has 0 aliphatic heterocycles. The van der Waals surface area contributed by atoms with E-state index in [1.807, 2.05) is 0 Å². The quantitative estimate of drug-likeness (QED) is 0.843. The number of nitriles is 1. The van der Waals surface area contributed by atoms with Crippen LogP contribution in [0.1, 0.15) is 24.6 Å². The summed E-state index contributed by atoms with van der Waals surface area (Å²) in [7, 11) is 1.58. The molecule has 1 aromatic heterocycles. The molecule has 3 N–H and O–H groups in total. The van der Waals surface area contributed by atoms with Crippen molar-refractivity contribution in [2.75, 3.05) is 18.2 Å². The van der Waals surface area contributed by atoms with Crippen LogP contribution in [0.15, 0.2) is 0 Å². The van der Waals surface area contributed by atoms with Crippen molar-refractivity contribution in [2.24, 2.45) is 5.92 Å². The number of nitrogen functional groups attached to an aromatic ring is 1. The lowest BCUT2D eigenvalue weighted by Crippen LogP contribution is -2.16. The highest BCUT2D eigenvalue weighted by molar-refractivity contribution is 7.17. The Morgan fingerprint density at radius 1 is 1.62 bits per heavy atom. The fourth-order valence-corrected chi connectivity index (χ4v) is 2.71. The van der Waals surface area contributed by atoms with E-state index >= 15 is 0 Å². The van der Waals surface area contributed by atoms with Crippen LogP contribution < -0.4 is 15.8 Å². The van der Waals surface area contributed by atoms with Gasteiger partial charge in [-0.3, -0.25) is 0 Å². The van der Waals surface area contributed by atoms with Crippen molar-refractivity contribution >= 4 is 22.0 Å². The van der Waals surface area contributed by atoms with Crippen molar-refractivity contribution in [3.8, 4) is 11.8 Å². The smallest absolute Gasteiger partial charge is 0.177 e. The first-order chi connectivity index (χ1) is 7.67. The van der Waals surface area contributed by atoms with Gasteiger partial charge in [0.2, 0.25) is 0 Å². The van der Waals surface area contributed by atoms with Gasteiger partial charge in [0.05, 0.1) is 7.11 Å². The van der Waals surface area contributed by atoms with E-state index in [1.165, 1.54) is 24.2 Å². The second kappa shape index (κ2) is 4.22. The van der Waals surface area contributed by atoms with Crippen LogP contribution in [0.2, 0.25) is 0 Å². The van der Waals surface area contributed by atoms with Crippen LogP contribution in [0.5, 0.6) is 5.75 Å². The molecule has 2 rings (SSSR count).